The number of alkyl halides is 2. The van der Waals surface area contributed by atoms with Crippen LogP contribution in [0.15, 0.2) is 18.2 Å². The van der Waals surface area contributed by atoms with Gasteiger partial charge >= 0.3 is 0 Å². The van der Waals surface area contributed by atoms with E-state index < -0.39 is 23.7 Å². The number of hydrogen-bond donors (Lipinski definition) is 2. The Bertz CT molecular complexity index is 537. The van der Waals surface area contributed by atoms with E-state index in [4.69, 9.17) is 18.0 Å². The Labute approximate surface area is 121 Å². The lowest BCUT2D eigenvalue weighted by atomic mass is 9.76. The molecule has 2 rings (SSSR count). The zero-order chi connectivity index (χ0) is 15.0. The van der Waals surface area contributed by atoms with Gasteiger partial charge in [0.15, 0.2) is 5.67 Å². The van der Waals surface area contributed by atoms with Crippen molar-refractivity contribution in [3.63, 3.8) is 0 Å². The lowest BCUT2D eigenvalue weighted by molar-refractivity contribution is 0.131. The molecule has 3 N–H and O–H groups in total. The van der Waals surface area contributed by atoms with Crippen LogP contribution in [0.25, 0.3) is 0 Å². The number of benzene rings is 1. The Balaban J connectivity index is 2.42. The fraction of sp³-hybridized carbons (Fsp3) is 0.500. The summed E-state index contributed by atoms with van der Waals surface area (Å²) in [6.45, 7) is 0.678. The molecule has 1 aliphatic rings. The summed E-state index contributed by atoms with van der Waals surface area (Å²) in [6, 6.07) is 4.26. The van der Waals surface area contributed by atoms with Crippen LogP contribution < -0.4 is 11.1 Å². The first-order chi connectivity index (χ1) is 9.37. The highest BCUT2D eigenvalue weighted by Crippen LogP contribution is 2.40. The molecule has 0 bridgehead atoms. The quantitative estimate of drug-likeness (QED) is 0.664. The third-order valence-corrected chi connectivity index (χ3v) is 4.50. The molecular weight excluding hydrogens is 285 g/mol. The molecule has 0 saturated carbocycles. The number of anilines is 1. The van der Waals surface area contributed by atoms with Gasteiger partial charge in [0.05, 0.1) is 5.54 Å². The molecule has 0 aliphatic carbocycles. The van der Waals surface area contributed by atoms with Crippen LogP contribution in [-0.4, -0.2) is 17.3 Å². The normalized spacial score (nSPS) is 30.1. The van der Waals surface area contributed by atoms with E-state index in [9.17, 15) is 13.2 Å². The van der Waals surface area contributed by atoms with Crippen molar-refractivity contribution in [2.45, 2.75) is 37.4 Å². The van der Waals surface area contributed by atoms with Gasteiger partial charge < -0.3 is 11.1 Å². The van der Waals surface area contributed by atoms with Crippen LogP contribution in [0.4, 0.5) is 18.9 Å². The van der Waals surface area contributed by atoms with E-state index in [0.717, 1.165) is 0 Å². The van der Waals surface area contributed by atoms with Crippen molar-refractivity contribution in [3.05, 3.63) is 29.6 Å². The third-order valence-electron chi connectivity index (χ3n) is 4.03. The first kappa shape index (κ1) is 15.1. The number of rotatable bonds is 3. The van der Waals surface area contributed by atoms with Gasteiger partial charge in [-0.1, -0.05) is 19.1 Å². The van der Waals surface area contributed by atoms with Crippen LogP contribution in [0.3, 0.4) is 0 Å². The summed E-state index contributed by atoms with van der Waals surface area (Å²) in [5, 5.41) is 2.83. The Kier molecular flexibility index (Phi) is 3.95. The van der Waals surface area contributed by atoms with Gasteiger partial charge in [-0.2, -0.15) is 0 Å². The van der Waals surface area contributed by atoms with Crippen molar-refractivity contribution in [3.8, 4) is 0 Å². The number of halogens is 3. The second-order valence-electron chi connectivity index (χ2n) is 5.23. The largest absolute Gasteiger partial charge is 0.399 e. The van der Waals surface area contributed by atoms with Crippen molar-refractivity contribution in [2.24, 2.45) is 0 Å². The van der Waals surface area contributed by atoms with Crippen LogP contribution >= 0.6 is 12.2 Å². The Morgan fingerprint density at radius 2 is 2.10 bits per heavy atom. The average Bonchev–Trinajstić information content (AvgIpc) is 2.45. The van der Waals surface area contributed by atoms with E-state index in [2.05, 4.69) is 5.32 Å². The van der Waals surface area contributed by atoms with Crippen LogP contribution in [0.1, 0.15) is 31.7 Å². The van der Waals surface area contributed by atoms with Gasteiger partial charge in [0.25, 0.3) is 0 Å². The fourth-order valence-corrected chi connectivity index (χ4v) is 2.96. The highest BCUT2D eigenvalue weighted by Gasteiger charge is 2.47. The molecule has 20 heavy (non-hydrogen) atoms. The summed E-state index contributed by atoms with van der Waals surface area (Å²) < 4.78 is 41.1. The molecule has 0 spiro atoms. The first-order valence-electron chi connectivity index (χ1n) is 6.50. The van der Waals surface area contributed by atoms with Gasteiger partial charge in [0.1, 0.15) is 17.5 Å². The minimum Gasteiger partial charge on any atom is -0.399 e. The van der Waals surface area contributed by atoms with Crippen LogP contribution in [0.2, 0.25) is 0 Å². The summed E-state index contributed by atoms with van der Waals surface area (Å²) in [6.07, 6.45) is 0.678. The van der Waals surface area contributed by atoms with Crippen molar-refractivity contribution < 1.29 is 13.2 Å². The van der Waals surface area contributed by atoms with E-state index in [-0.39, 0.29) is 17.8 Å². The number of piperidine rings is 1. The lowest BCUT2D eigenvalue weighted by Crippen LogP contribution is -2.58. The number of hydrogen-bond acceptors (Lipinski definition) is 2. The van der Waals surface area contributed by atoms with Gasteiger partial charge in [0.2, 0.25) is 0 Å². The van der Waals surface area contributed by atoms with E-state index in [0.29, 0.717) is 17.7 Å². The molecule has 0 amide bonds. The molecule has 1 fully saturated rings. The molecule has 6 heteroatoms. The molecule has 110 valence electrons. The monoisotopic (exact) mass is 302 g/mol. The SMILES string of the molecule is CC[C@@]1(c2cc(N)ccc2F)CC[C@@](F)(CF)C(=S)N1. The topological polar surface area (TPSA) is 38.0 Å². The molecule has 0 unspecified atom stereocenters. The third kappa shape index (κ3) is 2.37. The molecule has 2 atom stereocenters. The smallest absolute Gasteiger partial charge is 0.188 e. The van der Waals surface area contributed by atoms with E-state index in [1.807, 2.05) is 6.92 Å². The fourth-order valence-electron chi connectivity index (χ4n) is 2.61. The van der Waals surface area contributed by atoms with Crippen molar-refractivity contribution in [2.75, 3.05) is 12.4 Å². The molecule has 1 heterocycles. The molecular formula is C14H17F3N2S. The summed E-state index contributed by atoms with van der Waals surface area (Å²) in [7, 11) is 0. The van der Waals surface area contributed by atoms with E-state index >= 15 is 0 Å². The number of thiocarbonyl (C=S) groups is 1. The number of nitrogens with one attached hydrogen (secondary N) is 1. The molecule has 1 aliphatic heterocycles. The standard InChI is InChI=1S/C14H17F3N2S/c1-2-14(10-7-9(18)3-4-11(10)16)6-5-13(17,8-15)12(20)19-14/h3-4,7H,2,5-6,8,18H2,1H3,(H,19,20)/t13-,14+/m1/s1. The summed E-state index contributed by atoms with van der Waals surface area (Å²) in [5.41, 5.74) is 3.49. The second kappa shape index (κ2) is 5.24. The van der Waals surface area contributed by atoms with E-state index in [1.54, 1.807) is 0 Å². The average molecular weight is 302 g/mol. The first-order valence-corrected chi connectivity index (χ1v) is 6.91. The Hall–Kier alpha value is -1.30. The van der Waals surface area contributed by atoms with Crippen molar-refractivity contribution in [1.82, 2.24) is 5.32 Å². The minimum absolute atomic E-state index is 0.0720. The van der Waals surface area contributed by atoms with Crippen LogP contribution in [-0.2, 0) is 5.54 Å². The Morgan fingerprint density at radius 1 is 1.40 bits per heavy atom. The molecule has 1 aromatic carbocycles. The number of nitrogen functional groups attached to an aromatic ring is 1. The minimum atomic E-state index is -2.15. The molecule has 1 aromatic rings. The van der Waals surface area contributed by atoms with Gasteiger partial charge in [-0.25, -0.2) is 13.2 Å². The Morgan fingerprint density at radius 3 is 2.65 bits per heavy atom. The maximum Gasteiger partial charge on any atom is 0.188 e. The van der Waals surface area contributed by atoms with Gasteiger partial charge in [-0.3, -0.25) is 0 Å². The summed E-state index contributed by atoms with van der Waals surface area (Å²) in [5.74, 6) is -0.428. The molecule has 1 saturated heterocycles. The highest BCUT2D eigenvalue weighted by atomic mass is 32.1. The second-order valence-corrected chi connectivity index (χ2v) is 5.64. The maximum absolute atomic E-state index is 14.2. The predicted octanol–water partition coefficient (Wildman–Crippen LogP) is 3.40. The lowest BCUT2D eigenvalue weighted by Gasteiger charge is -2.44. The predicted molar refractivity (Wildman–Crippen MR) is 77.6 cm³/mol. The summed E-state index contributed by atoms with van der Waals surface area (Å²) in [4.78, 5) is -0.199. The zero-order valence-electron chi connectivity index (χ0n) is 11.2. The molecule has 0 radical (unpaired) electrons. The van der Waals surface area contributed by atoms with Gasteiger partial charge in [0, 0.05) is 11.3 Å². The maximum atomic E-state index is 14.2. The summed E-state index contributed by atoms with van der Waals surface area (Å²) >= 11 is 4.95. The molecule has 0 aromatic heterocycles. The zero-order valence-corrected chi connectivity index (χ0v) is 12.0. The van der Waals surface area contributed by atoms with Gasteiger partial charge in [-0.15, -0.1) is 0 Å². The van der Waals surface area contributed by atoms with Gasteiger partial charge in [-0.05, 0) is 37.5 Å². The highest BCUT2D eigenvalue weighted by molar-refractivity contribution is 7.80. The number of nitrogens with two attached hydrogens (primary N) is 1. The van der Waals surface area contributed by atoms with Crippen molar-refractivity contribution >= 4 is 22.9 Å². The van der Waals surface area contributed by atoms with E-state index in [1.165, 1.54) is 18.2 Å². The molecule has 2 nitrogen and oxygen atoms in total. The van der Waals surface area contributed by atoms with Crippen LogP contribution in [0.5, 0.6) is 0 Å². The van der Waals surface area contributed by atoms with Crippen LogP contribution in [0, 0.1) is 5.82 Å². The van der Waals surface area contributed by atoms with Crippen molar-refractivity contribution in [1.29, 1.82) is 0 Å².